The van der Waals surface area contributed by atoms with Gasteiger partial charge in [-0.3, -0.25) is 14.5 Å². The molecule has 3 atom stereocenters. The van der Waals surface area contributed by atoms with E-state index in [0.717, 1.165) is 21.6 Å². The Hall–Kier alpha value is -7.88. The number of alkyl carbamates (subject to hydrolysis) is 1. The minimum atomic E-state index is -1.04. The second kappa shape index (κ2) is 24.6. The molecule has 4 N–H and O–H groups in total. The van der Waals surface area contributed by atoms with Crippen LogP contribution in [-0.4, -0.2) is 108 Å². The van der Waals surface area contributed by atoms with Gasteiger partial charge in [0.1, 0.15) is 60.0 Å². The van der Waals surface area contributed by atoms with E-state index in [2.05, 4.69) is 62.9 Å². The average molecular weight is 1090 g/mol. The zero-order valence-corrected chi connectivity index (χ0v) is 45.0. The number of amides is 3. The van der Waals surface area contributed by atoms with Crippen LogP contribution in [0.3, 0.4) is 0 Å². The van der Waals surface area contributed by atoms with Gasteiger partial charge in [-0.05, 0) is 60.7 Å². The summed E-state index contributed by atoms with van der Waals surface area (Å²) in [5.41, 5.74) is 5.88. The Morgan fingerprint density at radius 3 is 2.04 bits per heavy atom. The molecule has 18 nitrogen and oxygen atoms in total. The summed E-state index contributed by atoms with van der Waals surface area (Å²) < 4.78 is 22.9. The summed E-state index contributed by atoms with van der Waals surface area (Å²) in [6, 6.07) is 38.8. The minimum Gasteiger partial charge on any atom is -0.497 e. The summed E-state index contributed by atoms with van der Waals surface area (Å²) in [6.45, 7) is 5.08. The van der Waals surface area contributed by atoms with Crippen molar-refractivity contribution in [1.82, 2.24) is 20.5 Å². The smallest absolute Gasteiger partial charge is 0.408 e. The summed E-state index contributed by atoms with van der Waals surface area (Å²) in [5, 5.41) is 14.8. The molecule has 394 valence electrons. The Labute approximate surface area is 452 Å². The number of hydrogen-bond donors (Lipinski definition) is 4. The number of thioether (sulfide) groups is 2. The van der Waals surface area contributed by atoms with E-state index in [9.17, 15) is 24.0 Å². The minimum absolute atomic E-state index is 0.00836. The number of ether oxygens (including phenoxy) is 4. The number of benzene rings is 4. The van der Waals surface area contributed by atoms with Crippen LogP contribution < -0.4 is 30.8 Å². The number of fused-ring (bicyclic) bond motifs is 1. The van der Waals surface area contributed by atoms with Crippen molar-refractivity contribution in [3.05, 3.63) is 184 Å². The van der Waals surface area contributed by atoms with Crippen molar-refractivity contribution >= 4 is 75.6 Å². The number of pyridine rings is 1. The highest BCUT2D eigenvalue weighted by atomic mass is 32.2. The Balaban J connectivity index is 0.982. The lowest BCUT2D eigenvalue weighted by atomic mass is 9.77. The largest absolute Gasteiger partial charge is 0.497 e. The number of aromatic nitrogens is 2. The molecular weight excluding hydrogens is 1030 g/mol. The predicted molar refractivity (Wildman–Crippen MR) is 290 cm³/mol. The van der Waals surface area contributed by atoms with Crippen molar-refractivity contribution in [3.63, 3.8) is 0 Å². The van der Waals surface area contributed by atoms with Crippen molar-refractivity contribution in [2.24, 2.45) is 5.16 Å². The van der Waals surface area contributed by atoms with Gasteiger partial charge in [0.25, 0.3) is 11.8 Å². The van der Waals surface area contributed by atoms with E-state index in [0.29, 0.717) is 33.5 Å². The fourth-order valence-electron chi connectivity index (χ4n) is 8.38. The summed E-state index contributed by atoms with van der Waals surface area (Å²) >= 11 is 4.14. The van der Waals surface area contributed by atoms with Crippen molar-refractivity contribution in [3.8, 4) is 5.75 Å². The maximum atomic E-state index is 14.3. The molecule has 3 amide bonds. The van der Waals surface area contributed by atoms with Crippen LogP contribution in [0.4, 0.5) is 9.93 Å². The number of nitrogens with zero attached hydrogens (tertiary/aromatic N) is 4. The highest BCUT2D eigenvalue weighted by molar-refractivity contribution is 8.01. The zero-order valence-electron chi connectivity index (χ0n) is 42.5. The summed E-state index contributed by atoms with van der Waals surface area (Å²) in [7, 11) is 4.12. The summed E-state index contributed by atoms with van der Waals surface area (Å²) in [5.74, 6) is -1.22. The monoisotopic (exact) mass is 1090 g/mol. The molecule has 1 saturated heterocycles. The van der Waals surface area contributed by atoms with E-state index >= 15 is 0 Å². The Bertz CT molecular complexity index is 2970. The van der Waals surface area contributed by atoms with Crippen LogP contribution in [0.25, 0.3) is 0 Å². The van der Waals surface area contributed by atoms with Crippen LogP contribution in [-0.2, 0) is 50.4 Å². The second-order valence-electron chi connectivity index (χ2n) is 18.2. The van der Waals surface area contributed by atoms with Gasteiger partial charge in [0.15, 0.2) is 16.9 Å². The molecule has 2 aromatic heterocycles. The van der Waals surface area contributed by atoms with Crippen LogP contribution in [0.5, 0.6) is 5.75 Å². The van der Waals surface area contributed by atoms with Crippen molar-refractivity contribution < 1.29 is 52.4 Å². The van der Waals surface area contributed by atoms with Crippen molar-refractivity contribution in [2.75, 3.05) is 50.1 Å². The quantitative estimate of drug-likeness (QED) is 0.00836. The summed E-state index contributed by atoms with van der Waals surface area (Å²) in [4.78, 5) is 79.9. The maximum absolute atomic E-state index is 14.3. The first-order chi connectivity index (χ1) is 36.7. The number of anilines is 1. The lowest BCUT2D eigenvalue weighted by Gasteiger charge is -2.49. The Kier molecular flexibility index (Phi) is 17.6. The number of methoxy groups -OCH3 is 2. The third-order valence-corrected chi connectivity index (χ3v) is 15.2. The number of carbonyl (C=O) groups is 5. The molecule has 21 heteroatoms. The highest BCUT2D eigenvalue weighted by Crippen LogP contribution is 2.43. The van der Waals surface area contributed by atoms with Gasteiger partial charge in [-0.25, -0.2) is 19.4 Å². The lowest BCUT2D eigenvalue weighted by Crippen LogP contribution is -2.71. The molecule has 1 fully saturated rings. The predicted octanol–water partition coefficient (Wildman–Crippen LogP) is 6.99. The van der Waals surface area contributed by atoms with Gasteiger partial charge in [0.05, 0.1) is 14.2 Å². The molecule has 2 aliphatic heterocycles. The molecule has 0 spiro atoms. The number of carbonyl (C=O) groups excluding carboxylic acids is 5. The first-order valence-corrected chi connectivity index (χ1v) is 26.9. The number of hydrogen-bond acceptors (Lipinski definition) is 17. The van der Waals surface area contributed by atoms with E-state index in [1.807, 2.05) is 66.7 Å². The van der Waals surface area contributed by atoms with Crippen molar-refractivity contribution in [1.29, 1.82) is 0 Å². The van der Waals surface area contributed by atoms with Crippen LogP contribution in [0.2, 0.25) is 0 Å². The van der Waals surface area contributed by atoms with Crippen LogP contribution in [0.1, 0.15) is 48.7 Å². The van der Waals surface area contributed by atoms with Crippen molar-refractivity contribution in [2.45, 2.75) is 60.9 Å². The fraction of sp³-hybridized carbons (Fsp3) is 0.273. The lowest BCUT2D eigenvalue weighted by molar-refractivity contribution is -0.650. The number of nitrogens with one attached hydrogen (secondary N) is 4. The van der Waals surface area contributed by atoms with Crippen LogP contribution in [0, 0.1) is 0 Å². The van der Waals surface area contributed by atoms with Gasteiger partial charge in [0.2, 0.25) is 12.4 Å². The standard InChI is InChI=1S/C55H56N8O10S3/c1-54(2,3)73-53(68)58-42(50(66)70-5)30-56-62-28-26-41(27-29-62)74-32-36-33-75-49-45(48(65)63(49)46(36)51(67)72-31-35-22-24-40(69-4)25-23-35)59-47(64)44(61-71-6)43-34-76-52(57-43)60-55(37-16-10-7-11-17-37,38-18-12-8-13-19-38)39-20-14-9-15-21-39/h7-29,34,42,45,49,56H,30-33H2,1-6H3,(H2-,57,58,59,60,64,68)/p+1/t42-,45+,49+/m0/s1. The molecule has 2 aliphatic rings. The van der Waals surface area contributed by atoms with E-state index in [1.54, 1.807) is 74.6 Å². The molecule has 0 unspecified atom stereocenters. The molecule has 0 aliphatic carbocycles. The first kappa shape index (κ1) is 54.4. The molecular formula is C55H57N8O10S3+. The Morgan fingerprint density at radius 1 is 0.855 bits per heavy atom. The number of oxime groups is 1. The number of thiazole rings is 1. The normalized spacial score (nSPS) is 15.8. The van der Waals surface area contributed by atoms with Gasteiger partial charge in [-0.15, -0.1) is 34.9 Å². The van der Waals surface area contributed by atoms with Gasteiger partial charge in [0, 0.05) is 33.9 Å². The molecule has 4 aromatic carbocycles. The zero-order chi connectivity index (χ0) is 53.8. The van der Waals surface area contributed by atoms with E-state index in [-0.39, 0.29) is 30.3 Å². The van der Waals surface area contributed by atoms with Crippen LogP contribution >= 0.6 is 34.9 Å². The number of esters is 2. The molecule has 0 radical (unpaired) electrons. The molecule has 8 rings (SSSR count). The van der Waals surface area contributed by atoms with E-state index < -0.39 is 58.4 Å². The fourth-order valence-corrected chi connectivity index (χ4v) is 11.5. The molecule has 0 bridgehead atoms. The summed E-state index contributed by atoms with van der Waals surface area (Å²) in [6.07, 6.45) is 2.71. The molecule has 4 heterocycles. The maximum Gasteiger partial charge on any atom is 0.408 e. The third-order valence-electron chi connectivity index (χ3n) is 12.0. The average Bonchev–Trinajstić information content (AvgIpc) is 3.91. The third kappa shape index (κ3) is 12.8. The van der Waals surface area contributed by atoms with Crippen LogP contribution in [0.15, 0.2) is 166 Å². The first-order valence-electron chi connectivity index (χ1n) is 24.0. The number of rotatable bonds is 21. The van der Waals surface area contributed by atoms with Gasteiger partial charge < -0.3 is 39.7 Å². The molecule has 6 aromatic rings. The Morgan fingerprint density at radius 2 is 1.47 bits per heavy atom. The van der Waals surface area contributed by atoms with Gasteiger partial charge in [-0.1, -0.05) is 113 Å². The number of β-lactam (4-membered cyclic amide) rings is 1. The van der Waals surface area contributed by atoms with E-state index in [4.69, 9.17) is 28.8 Å². The molecule has 76 heavy (non-hydrogen) atoms. The topological polar surface area (TPSA) is 212 Å². The highest BCUT2D eigenvalue weighted by Gasteiger charge is 2.55. The van der Waals surface area contributed by atoms with Gasteiger partial charge >= 0.3 is 18.0 Å². The van der Waals surface area contributed by atoms with E-state index in [1.165, 1.54) is 54.0 Å². The van der Waals surface area contributed by atoms with Gasteiger partial charge in [-0.2, -0.15) is 5.43 Å². The SMILES string of the molecule is CON=C(C(=O)N[C@@H]1C(=O)N2C(C(=O)OCc3ccc(OC)cc3)=C(CSc3cc[n+](NC[C@H](NC(=O)OC(C)(C)C)C(=O)OC)cc3)CS[C@H]12)c1csc(NC(c2ccccc2)(c2ccccc2)c2ccccc2)n1. The molecule has 0 saturated carbocycles. The second-order valence-corrected chi connectivity index (χ2v) is 21.2.